The first-order valence-corrected chi connectivity index (χ1v) is 6.83. The largest absolute Gasteiger partial charge is 0.507 e. The lowest BCUT2D eigenvalue weighted by atomic mass is 9.91. The van der Waals surface area contributed by atoms with E-state index in [2.05, 4.69) is 15.9 Å². The number of aromatic hydroxyl groups is 1. The summed E-state index contributed by atoms with van der Waals surface area (Å²) in [7, 11) is 0. The minimum atomic E-state index is -0.215. The summed E-state index contributed by atoms with van der Waals surface area (Å²) in [6, 6.07) is 4.99. The van der Waals surface area contributed by atoms with Crippen molar-refractivity contribution in [1.82, 2.24) is 4.90 Å². The number of amides is 1. The number of hydrogen-bond donors (Lipinski definition) is 2. The summed E-state index contributed by atoms with van der Waals surface area (Å²) in [6.07, 6.45) is 3.06. The van der Waals surface area contributed by atoms with E-state index in [1.807, 2.05) is 0 Å². The monoisotopic (exact) mass is 313 g/mol. The minimum absolute atomic E-state index is 0.0227. The first-order valence-electron chi connectivity index (χ1n) is 6.04. The summed E-state index contributed by atoms with van der Waals surface area (Å²) in [4.78, 5) is 14.0. The number of benzene rings is 1. The van der Waals surface area contributed by atoms with Crippen molar-refractivity contribution < 1.29 is 15.0 Å². The average Bonchev–Trinajstić information content (AvgIpc) is 2.28. The minimum Gasteiger partial charge on any atom is -0.507 e. The molecule has 18 heavy (non-hydrogen) atoms. The number of phenolic OH excluding ortho intramolecular Hbond substituents is 1. The van der Waals surface area contributed by atoms with E-state index in [1.165, 1.54) is 6.07 Å². The third kappa shape index (κ3) is 2.67. The predicted molar refractivity (Wildman–Crippen MR) is 71.6 cm³/mol. The van der Waals surface area contributed by atoms with E-state index in [0.717, 1.165) is 23.7 Å². The Bertz CT molecular complexity index is 446. The molecule has 1 saturated carbocycles. The Morgan fingerprint density at radius 3 is 2.72 bits per heavy atom. The van der Waals surface area contributed by atoms with Gasteiger partial charge < -0.3 is 15.1 Å². The number of phenols is 1. The second-order valence-corrected chi connectivity index (χ2v) is 5.38. The third-order valence-electron chi connectivity index (χ3n) is 3.31. The Morgan fingerprint density at radius 2 is 2.17 bits per heavy atom. The predicted octanol–water partition coefficient (Wildman–Crippen LogP) is 2.14. The Hall–Kier alpha value is -1.07. The van der Waals surface area contributed by atoms with Crippen LogP contribution in [0.1, 0.15) is 29.6 Å². The standard InChI is InChI=1S/C13H16BrNO3/c14-9-4-5-12(17)11(8-9)13(18)15(6-7-16)10-2-1-3-10/h4-5,8,10,16-17H,1-3,6-7H2. The molecule has 0 aliphatic heterocycles. The molecular weight excluding hydrogens is 298 g/mol. The molecule has 1 amide bonds. The molecule has 0 bridgehead atoms. The van der Waals surface area contributed by atoms with Gasteiger partial charge in [0.2, 0.25) is 0 Å². The number of carbonyl (C=O) groups excluding carboxylic acids is 1. The van der Waals surface area contributed by atoms with Crippen LogP contribution in [0, 0.1) is 0 Å². The molecule has 1 aliphatic carbocycles. The zero-order valence-electron chi connectivity index (χ0n) is 9.97. The van der Waals surface area contributed by atoms with Gasteiger partial charge in [-0.1, -0.05) is 15.9 Å². The van der Waals surface area contributed by atoms with E-state index in [-0.39, 0.29) is 29.9 Å². The van der Waals surface area contributed by atoms with E-state index >= 15 is 0 Å². The lowest BCUT2D eigenvalue weighted by Crippen LogP contribution is -2.45. The molecule has 1 aromatic carbocycles. The lowest BCUT2D eigenvalue weighted by Gasteiger charge is -2.37. The van der Waals surface area contributed by atoms with Crippen molar-refractivity contribution in [2.24, 2.45) is 0 Å². The normalized spacial score (nSPS) is 15.2. The fraction of sp³-hybridized carbons (Fsp3) is 0.462. The van der Waals surface area contributed by atoms with Gasteiger partial charge in [-0.05, 0) is 37.5 Å². The second-order valence-electron chi connectivity index (χ2n) is 4.47. The highest BCUT2D eigenvalue weighted by Crippen LogP contribution is 2.29. The van der Waals surface area contributed by atoms with Crippen LogP contribution < -0.4 is 0 Å². The zero-order valence-corrected chi connectivity index (χ0v) is 11.6. The SMILES string of the molecule is O=C(c1cc(Br)ccc1O)N(CCO)C1CCC1. The number of carbonyl (C=O) groups is 1. The van der Waals surface area contributed by atoms with Crippen molar-refractivity contribution in [3.8, 4) is 5.75 Å². The molecule has 0 heterocycles. The van der Waals surface area contributed by atoms with Crippen LogP contribution >= 0.6 is 15.9 Å². The van der Waals surface area contributed by atoms with Crippen LogP contribution in [0.3, 0.4) is 0 Å². The van der Waals surface area contributed by atoms with Gasteiger partial charge in [0, 0.05) is 17.1 Å². The topological polar surface area (TPSA) is 60.8 Å². The zero-order chi connectivity index (χ0) is 13.1. The molecule has 98 valence electrons. The Kier molecular flexibility index (Phi) is 4.24. The molecule has 5 heteroatoms. The maximum Gasteiger partial charge on any atom is 0.257 e. The van der Waals surface area contributed by atoms with Gasteiger partial charge in [-0.2, -0.15) is 0 Å². The van der Waals surface area contributed by atoms with Gasteiger partial charge in [0.1, 0.15) is 5.75 Å². The fourth-order valence-corrected chi connectivity index (χ4v) is 2.45. The molecule has 2 N–H and O–H groups in total. The molecule has 0 radical (unpaired) electrons. The molecular formula is C13H16BrNO3. The molecule has 1 aliphatic rings. The molecule has 2 rings (SSSR count). The van der Waals surface area contributed by atoms with Gasteiger partial charge in [0.15, 0.2) is 0 Å². The van der Waals surface area contributed by atoms with E-state index in [0.29, 0.717) is 6.54 Å². The number of hydrogen-bond acceptors (Lipinski definition) is 3. The molecule has 0 saturated heterocycles. The average molecular weight is 314 g/mol. The van der Waals surface area contributed by atoms with E-state index in [4.69, 9.17) is 5.11 Å². The van der Waals surface area contributed by atoms with Crippen LogP contribution in [0.2, 0.25) is 0 Å². The van der Waals surface area contributed by atoms with Crippen LogP contribution in [-0.4, -0.2) is 40.2 Å². The number of halogens is 1. The first kappa shape index (κ1) is 13.4. The first-order chi connectivity index (χ1) is 8.63. The highest BCUT2D eigenvalue weighted by molar-refractivity contribution is 9.10. The molecule has 0 aromatic heterocycles. The third-order valence-corrected chi connectivity index (χ3v) is 3.80. The van der Waals surface area contributed by atoms with Crippen molar-refractivity contribution in [3.63, 3.8) is 0 Å². The van der Waals surface area contributed by atoms with E-state index in [1.54, 1.807) is 17.0 Å². The smallest absolute Gasteiger partial charge is 0.257 e. The van der Waals surface area contributed by atoms with Crippen molar-refractivity contribution in [2.75, 3.05) is 13.2 Å². The van der Waals surface area contributed by atoms with Crippen molar-refractivity contribution >= 4 is 21.8 Å². The maximum absolute atomic E-state index is 12.4. The highest BCUT2D eigenvalue weighted by atomic mass is 79.9. The van der Waals surface area contributed by atoms with Crippen molar-refractivity contribution in [1.29, 1.82) is 0 Å². The van der Waals surface area contributed by atoms with Crippen LogP contribution in [-0.2, 0) is 0 Å². The molecule has 0 spiro atoms. The van der Waals surface area contributed by atoms with Gasteiger partial charge >= 0.3 is 0 Å². The van der Waals surface area contributed by atoms with Gasteiger partial charge in [0.05, 0.1) is 12.2 Å². The Morgan fingerprint density at radius 1 is 1.44 bits per heavy atom. The highest BCUT2D eigenvalue weighted by Gasteiger charge is 2.30. The van der Waals surface area contributed by atoms with Crippen LogP contribution in [0.25, 0.3) is 0 Å². The van der Waals surface area contributed by atoms with Gasteiger partial charge in [0.25, 0.3) is 5.91 Å². The summed E-state index contributed by atoms with van der Waals surface area (Å²) < 4.78 is 0.751. The summed E-state index contributed by atoms with van der Waals surface area (Å²) in [5, 5.41) is 18.8. The van der Waals surface area contributed by atoms with Gasteiger partial charge in [-0.3, -0.25) is 4.79 Å². The summed E-state index contributed by atoms with van der Waals surface area (Å²) in [6.45, 7) is 0.256. The number of aliphatic hydroxyl groups excluding tert-OH is 1. The fourth-order valence-electron chi connectivity index (χ4n) is 2.09. The van der Waals surface area contributed by atoms with Crippen LogP contribution in [0.4, 0.5) is 0 Å². The quantitative estimate of drug-likeness (QED) is 0.895. The van der Waals surface area contributed by atoms with Crippen molar-refractivity contribution in [2.45, 2.75) is 25.3 Å². The molecule has 1 fully saturated rings. The summed E-state index contributed by atoms with van der Waals surface area (Å²) >= 11 is 3.29. The molecule has 4 nitrogen and oxygen atoms in total. The van der Waals surface area contributed by atoms with E-state index < -0.39 is 0 Å². The second kappa shape index (κ2) is 5.71. The van der Waals surface area contributed by atoms with Crippen LogP contribution in [0.5, 0.6) is 5.75 Å². The number of nitrogens with zero attached hydrogens (tertiary/aromatic N) is 1. The summed E-state index contributed by atoms with van der Waals surface area (Å²) in [5.41, 5.74) is 0.282. The molecule has 0 atom stereocenters. The van der Waals surface area contributed by atoms with Gasteiger partial charge in [-0.25, -0.2) is 0 Å². The molecule has 1 aromatic rings. The Balaban J connectivity index is 2.23. The summed E-state index contributed by atoms with van der Waals surface area (Å²) in [5.74, 6) is -0.238. The Labute approximate surface area is 114 Å². The van der Waals surface area contributed by atoms with E-state index in [9.17, 15) is 9.90 Å². The number of rotatable bonds is 4. The van der Waals surface area contributed by atoms with Gasteiger partial charge in [-0.15, -0.1) is 0 Å². The maximum atomic E-state index is 12.4. The molecule has 0 unspecified atom stereocenters. The van der Waals surface area contributed by atoms with Crippen LogP contribution in [0.15, 0.2) is 22.7 Å². The lowest BCUT2D eigenvalue weighted by molar-refractivity contribution is 0.0523. The van der Waals surface area contributed by atoms with Crippen molar-refractivity contribution in [3.05, 3.63) is 28.2 Å². The number of aliphatic hydroxyl groups is 1.